The molecule has 5 heteroatoms. The second-order valence-electron chi connectivity index (χ2n) is 5.94. The van der Waals surface area contributed by atoms with Gasteiger partial charge in [-0.3, -0.25) is 9.59 Å². The third-order valence-corrected chi connectivity index (χ3v) is 4.59. The first-order valence-corrected chi connectivity index (χ1v) is 8.12. The van der Waals surface area contributed by atoms with Crippen LogP contribution in [0.25, 0.3) is 0 Å². The monoisotopic (exact) mass is 311 g/mol. The minimum Gasteiger partial charge on any atom is -0.334 e. The fraction of sp³-hybridized carbons (Fsp3) is 0.389. The van der Waals surface area contributed by atoms with Crippen molar-refractivity contribution in [2.45, 2.75) is 38.1 Å². The van der Waals surface area contributed by atoms with E-state index in [-0.39, 0.29) is 17.5 Å². The largest absolute Gasteiger partial charge is 0.334 e. The average molecular weight is 311 g/mol. The quantitative estimate of drug-likeness (QED) is 0.943. The Morgan fingerprint density at radius 2 is 2.09 bits per heavy atom. The van der Waals surface area contributed by atoms with E-state index in [1.165, 1.54) is 17.7 Å². The molecule has 3 rings (SSSR count). The number of nitrogens with one attached hydrogen (secondary N) is 1. The third-order valence-electron chi connectivity index (χ3n) is 4.59. The van der Waals surface area contributed by atoms with Crippen LogP contribution in [0.4, 0.5) is 0 Å². The Bertz CT molecular complexity index is 706. The first kappa shape index (κ1) is 15.5. The van der Waals surface area contributed by atoms with E-state index in [1.54, 1.807) is 0 Å². The van der Waals surface area contributed by atoms with Crippen LogP contribution in [0.1, 0.15) is 48.2 Å². The summed E-state index contributed by atoms with van der Waals surface area (Å²) in [6, 6.07) is 13.4. The molecule has 5 nitrogen and oxygen atoms in total. The summed E-state index contributed by atoms with van der Waals surface area (Å²) in [5.41, 5.74) is 1.28. The Balaban J connectivity index is 1.85. The molecular formula is C18H21N3O2. The van der Waals surface area contributed by atoms with Crippen LogP contribution in [-0.4, -0.2) is 33.6 Å². The van der Waals surface area contributed by atoms with Gasteiger partial charge in [0, 0.05) is 24.6 Å². The van der Waals surface area contributed by atoms with Gasteiger partial charge in [-0.2, -0.15) is 5.10 Å². The highest BCUT2D eigenvalue weighted by molar-refractivity contribution is 5.92. The minimum absolute atomic E-state index is 0.0990. The van der Waals surface area contributed by atoms with E-state index in [4.69, 9.17) is 0 Å². The van der Waals surface area contributed by atoms with E-state index in [0.717, 1.165) is 25.8 Å². The fourth-order valence-corrected chi connectivity index (χ4v) is 3.50. The summed E-state index contributed by atoms with van der Waals surface area (Å²) >= 11 is 0. The Morgan fingerprint density at radius 1 is 1.30 bits per heavy atom. The second-order valence-corrected chi connectivity index (χ2v) is 5.94. The molecule has 1 aliphatic heterocycles. The lowest BCUT2D eigenvalue weighted by molar-refractivity contribution is 0.0707. The SMILES string of the molecule is CC[C@H](c1ccccc1)[C@H]1CCCN1C(=O)c1ccc(=O)[nH]n1. The van der Waals surface area contributed by atoms with Gasteiger partial charge in [0.1, 0.15) is 5.69 Å². The van der Waals surface area contributed by atoms with Gasteiger partial charge in [-0.25, -0.2) is 5.10 Å². The zero-order valence-corrected chi connectivity index (χ0v) is 13.2. The van der Waals surface area contributed by atoms with Gasteiger partial charge >= 0.3 is 0 Å². The number of hydrogen-bond acceptors (Lipinski definition) is 3. The normalized spacial score (nSPS) is 18.8. The van der Waals surface area contributed by atoms with Crippen molar-refractivity contribution in [2.24, 2.45) is 0 Å². The van der Waals surface area contributed by atoms with Crippen LogP contribution >= 0.6 is 0 Å². The molecule has 2 aromatic rings. The van der Waals surface area contributed by atoms with Crippen LogP contribution in [0, 0.1) is 0 Å². The van der Waals surface area contributed by atoms with E-state index < -0.39 is 0 Å². The number of aromatic nitrogens is 2. The summed E-state index contributed by atoms with van der Waals surface area (Å²) in [6.45, 7) is 2.91. The molecule has 120 valence electrons. The summed E-state index contributed by atoms with van der Waals surface area (Å²) in [5.74, 6) is 0.226. The first-order chi connectivity index (χ1) is 11.2. The Kier molecular flexibility index (Phi) is 4.55. The molecule has 1 N–H and O–H groups in total. The Labute approximate surface area is 135 Å². The van der Waals surface area contributed by atoms with Crippen LogP contribution in [0.15, 0.2) is 47.3 Å². The van der Waals surface area contributed by atoms with Crippen molar-refractivity contribution in [1.29, 1.82) is 0 Å². The summed E-state index contributed by atoms with van der Waals surface area (Å²) < 4.78 is 0. The number of carbonyl (C=O) groups excluding carboxylic acids is 1. The van der Waals surface area contributed by atoms with Crippen molar-refractivity contribution in [2.75, 3.05) is 6.54 Å². The van der Waals surface area contributed by atoms with Gasteiger partial charge in [-0.05, 0) is 30.9 Å². The van der Waals surface area contributed by atoms with Crippen LogP contribution in [-0.2, 0) is 0 Å². The molecule has 0 radical (unpaired) electrons. The van der Waals surface area contributed by atoms with Gasteiger partial charge in [0.2, 0.25) is 0 Å². The lowest BCUT2D eigenvalue weighted by Gasteiger charge is -2.31. The van der Waals surface area contributed by atoms with Gasteiger partial charge in [-0.1, -0.05) is 37.3 Å². The topological polar surface area (TPSA) is 66.1 Å². The molecule has 1 saturated heterocycles. The predicted octanol–water partition coefficient (Wildman–Crippen LogP) is 2.57. The zero-order chi connectivity index (χ0) is 16.2. The van der Waals surface area contributed by atoms with E-state index in [0.29, 0.717) is 11.6 Å². The van der Waals surface area contributed by atoms with Crippen LogP contribution in [0.2, 0.25) is 0 Å². The molecule has 0 spiro atoms. The molecule has 0 saturated carbocycles. The maximum atomic E-state index is 12.8. The summed E-state index contributed by atoms with van der Waals surface area (Å²) in [7, 11) is 0. The van der Waals surface area contributed by atoms with E-state index in [1.807, 2.05) is 23.1 Å². The van der Waals surface area contributed by atoms with Gasteiger partial charge in [0.15, 0.2) is 0 Å². The maximum Gasteiger partial charge on any atom is 0.274 e. The zero-order valence-electron chi connectivity index (χ0n) is 13.2. The highest BCUT2D eigenvalue weighted by Crippen LogP contribution is 2.34. The molecular weight excluding hydrogens is 290 g/mol. The molecule has 0 aliphatic carbocycles. The van der Waals surface area contributed by atoms with Crippen molar-refractivity contribution in [1.82, 2.24) is 15.1 Å². The van der Waals surface area contributed by atoms with Crippen LogP contribution in [0.5, 0.6) is 0 Å². The number of nitrogens with zero attached hydrogens (tertiary/aromatic N) is 2. The highest BCUT2D eigenvalue weighted by Gasteiger charge is 2.35. The number of H-pyrrole nitrogens is 1. The molecule has 1 aliphatic rings. The van der Waals surface area contributed by atoms with Crippen LogP contribution in [0.3, 0.4) is 0 Å². The van der Waals surface area contributed by atoms with Crippen molar-refractivity contribution in [3.63, 3.8) is 0 Å². The van der Waals surface area contributed by atoms with Gasteiger partial charge in [0.25, 0.3) is 11.5 Å². The molecule has 2 heterocycles. The fourth-order valence-electron chi connectivity index (χ4n) is 3.50. The number of amides is 1. The number of rotatable bonds is 4. The van der Waals surface area contributed by atoms with Crippen molar-refractivity contribution < 1.29 is 4.79 Å². The number of likely N-dealkylation sites (tertiary alicyclic amines) is 1. The molecule has 1 fully saturated rings. The summed E-state index contributed by atoms with van der Waals surface area (Å²) in [6.07, 6.45) is 2.99. The molecule has 0 bridgehead atoms. The number of aromatic amines is 1. The third kappa shape index (κ3) is 3.18. The van der Waals surface area contributed by atoms with Gasteiger partial charge < -0.3 is 4.90 Å². The lowest BCUT2D eigenvalue weighted by atomic mass is 9.87. The molecule has 1 amide bonds. The lowest BCUT2D eigenvalue weighted by Crippen LogP contribution is -2.39. The minimum atomic E-state index is -0.296. The first-order valence-electron chi connectivity index (χ1n) is 8.12. The standard InChI is InChI=1S/C18H21N3O2/c1-2-14(13-7-4-3-5-8-13)16-9-6-12-21(16)18(23)15-10-11-17(22)20-19-15/h3-5,7-8,10-11,14,16H,2,6,9,12H2,1H3,(H,20,22)/t14-,16-/m1/s1. The molecule has 0 unspecified atom stereocenters. The molecule has 23 heavy (non-hydrogen) atoms. The van der Waals surface area contributed by atoms with E-state index >= 15 is 0 Å². The molecule has 1 aromatic heterocycles. The Morgan fingerprint density at radius 3 is 2.74 bits per heavy atom. The highest BCUT2D eigenvalue weighted by atomic mass is 16.2. The Hall–Kier alpha value is -2.43. The van der Waals surface area contributed by atoms with E-state index in [2.05, 4.69) is 29.3 Å². The summed E-state index contributed by atoms with van der Waals surface area (Å²) in [5, 5.41) is 6.23. The predicted molar refractivity (Wildman–Crippen MR) is 88.4 cm³/mol. The van der Waals surface area contributed by atoms with E-state index in [9.17, 15) is 9.59 Å². The van der Waals surface area contributed by atoms with Gasteiger partial charge in [0.05, 0.1) is 0 Å². The summed E-state index contributed by atoms with van der Waals surface area (Å²) in [4.78, 5) is 25.8. The molecule has 1 aromatic carbocycles. The number of carbonyl (C=O) groups is 1. The molecule has 2 atom stereocenters. The number of hydrogen-bond donors (Lipinski definition) is 1. The second kappa shape index (κ2) is 6.77. The van der Waals surface area contributed by atoms with Crippen molar-refractivity contribution >= 4 is 5.91 Å². The number of benzene rings is 1. The van der Waals surface area contributed by atoms with Gasteiger partial charge in [-0.15, -0.1) is 0 Å². The maximum absolute atomic E-state index is 12.8. The smallest absolute Gasteiger partial charge is 0.274 e. The average Bonchev–Trinajstić information content (AvgIpc) is 3.06. The van der Waals surface area contributed by atoms with Crippen molar-refractivity contribution in [3.8, 4) is 0 Å². The van der Waals surface area contributed by atoms with Crippen LogP contribution < -0.4 is 5.56 Å². The van der Waals surface area contributed by atoms with Crippen molar-refractivity contribution in [3.05, 3.63) is 64.1 Å².